The molecule has 2 unspecified atom stereocenters. The molecule has 2 N–H and O–H groups in total. The molecule has 6 heteroatoms. The van der Waals surface area contributed by atoms with Gasteiger partial charge in [0.2, 0.25) is 0 Å². The van der Waals surface area contributed by atoms with E-state index in [1.54, 1.807) is 11.8 Å². The van der Waals surface area contributed by atoms with E-state index in [1.807, 2.05) is 18.2 Å². The average Bonchev–Trinajstić information content (AvgIpc) is 3.03. The lowest BCUT2D eigenvalue weighted by Gasteiger charge is -2.31. The van der Waals surface area contributed by atoms with Crippen molar-refractivity contribution < 1.29 is 14.7 Å². The summed E-state index contributed by atoms with van der Waals surface area (Å²) in [4.78, 5) is 27.8. The molecular formula is C19H29N3O3. The van der Waals surface area contributed by atoms with Crippen molar-refractivity contribution in [2.75, 3.05) is 32.7 Å². The maximum absolute atomic E-state index is 12.5. The molecule has 0 bridgehead atoms. The highest BCUT2D eigenvalue weighted by molar-refractivity contribution is 5.79. The first-order valence-corrected chi connectivity index (χ1v) is 8.96. The Morgan fingerprint density at radius 3 is 2.44 bits per heavy atom. The number of hydrogen-bond acceptors (Lipinski definition) is 3. The number of likely N-dealkylation sites (N-methyl/N-ethyl adjacent to an activating group) is 1. The molecule has 2 rings (SSSR count). The van der Waals surface area contributed by atoms with Crippen LogP contribution in [0.3, 0.4) is 0 Å². The first-order valence-electron chi connectivity index (χ1n) is 8.96. The molecular weight excluding hydrogens is 318 g/mol. The summed E-state index contributed by atoms with van der Waals surface area (Å²) < 4.78 is 0. The topological polar surface area (TPSA) is 72.9 Å². The van der Waals surface area contributed by atoms with Crippen LogP contribution in [-0.4, -0.2) is 59.6 Å². The van der Waals surface area contributed by atoms with Crippen molar-refractivity contribution in [3.05, 3.63) is 35.9 Å². The summed E-state index contributed by atoms with van der Waals surface area (Å²) in [5.74, 6) is -0.840. The Balaban J connectivity index is 2.01. The van der Waals surface area contributed by atoms with Gasteiger partial charge in [0.05, 0.1) is 11.5 Å². The van der Waals surface area contributed by atoms with Gasteiger partial charge in [0.25, 0.3) is 0 Å². The number of likely N-dealkylation sites (tertiary alicyclic amines) is 1. The van der Waals surface area contributed by atoms with Crippen LogP contribution in [0.5, 0.6) is 0 Å². The van der Waals surface area contributed by atoms with Crippen LogP contribution in [0.4, 0.5) is 4.79 Å². The maximum atomic E-state index is 12.5. The number of nitrogens with one attached hydrogen (secondary N) is 1. The van der Waals surface area contributed by atoms with E-state index in [4.69, 9.17) is 0 Å². The van der Waals surface area contributed by atoms with Gasteiger partial charge < -0.3 is 15.3 Å². The monoisotopic (exact) mass is 347 g/mol. The van der Waals surface area contributed by atoms with Gasteiger partial charge in [-0.25, -0.2) is 4.79 Å². The zero-order chi connectivity index (χ0) is 18.4. The number of carboxylic acid groups (broad SMARTS) is 1. The van der Waals surface area contributed by atoms with E-state index in [0.717, 1.165) is 13.1 Å². The zero-order valence-electron chi connectivity index (χ0n) is 15.4. The standard InChI is InChI=1S/C19H29N3O3/c1-4-21(5-2)16(15-9-7-6-8-10-15)13-20-18(25)22-12-11-19(3,14-22)17(23)24/h6-10,16H,4-5,11-14H2,1-3H3,(H,20,25)(H,23,24). The molecule has 6 nitrogen and oxygen atoms in total. The van der Waals surface area contributed by atoms with Crippen molar-refractivity contribution in [2.45, 2.75) is 33.2 Å². The van der Waals surface area contributed by atoms with Gasteiger partial charge in [-0.05, 0) is 32.0 Å². The summed E-state index contributed by atoms with van der Waals surface area (Å²) in [7, 11) is 0. The predicted octanol–water partition coefficient (Wildman–Crippen LogP) is 2.58. The summed E-state index contributed by atoms with van der Waals surface area (Å²) in [6.07, 6.45) is 0.494. The number of urea groups is 1. The fourth-order valence-electron chi connectivity index (χ4n) is 3.40. The Kier molecular flexibility index (Phi) is 6.42. The number of hydrogen-bond donors (Lipinski definition) is 2. The Labute approximate surface area is 149 Å². The van der Waals surface area contributed by atoms with Crippen LogP contribution in [0.1, 0.15) is 38.8 Å². The maximum Gasteiger partial charge on any atom is 0.317 e. The molecule has 1 aliphatic rings. The lowest BCUT2D eigenvalue weighted by atomic mass is 9.90. The SMILES string of the molecule is CCN(CC)C(CNC(=O)N1CCC(C)(C(=O)O)C1)c1ccccc1. The summed E-state index contributed by atoms with van der Waals surface area (Å²) in [5, 5.41) is 12.3. The molecule has 0 aromatic heterocycles. The molecule has 1 heterocycles. The highest BCUT2D eigenvalue weighted by Crippen LogP contribution is 2.30. The van der Waals surface area contributed by atoms with Gasteiger partial charge in [-0.15, -0.1) is 0 Å². The van der Waals surface area contributed by atoms with Crippen LogP contribution in [0.15, 0.2) is 30.3 Å². The summed E-state index contributed by atoms with van der Waals surface area (Å²) >= 11 is 0. The number of nitrogens with zero attached hydrogens (tertiary/aromatic N) is 2. The second-order valence-electron chi connectivity index (χ2n) is 6.87. The summed E-state index contributed by atoms with van der Waals surface area (Å²) in [5.41, 5.74) is 0.331. The largest absolute Gasteiger partial charge is 0.481 e. The summed E-state index contributed by atoms with van der Waals surface area (Å²) in [6.45, 7) is 8.96. The lowest BCUT2D eigenvalue weighted by Crippen LogP contribution is -2.44. The fraction of sp³-hybridized carbons (Fsp3) is 0.579. The van der Waals surface area contributed by atoms with Crippen LogP contribution in [0, 0.1) is 5.41 Å². The highest BCUT2D eigenvalue weighted by atomic mass is 16.4. The molecule has 1 aromatic rings. The van der Waals surface area contributed by atoms with Crippen molar-refractivity contribution >= 4 is 12.0 Å². The molecule has 2 atom stereocenters. The molecule has 2 amide bonds. The third kappa shape index (κ3) is 4.51. The van der Waals surface area contributed by atoms with Crippen molar-refractivity contribution in [1.82, 2.24) is 15.1 Å². The molecule has 138 valence electrons. The van der Waals surface area contributed by atoms with Crippen molar-refractivity contribution in [3.63, 3.8) is 0 Å². The van der Waals surface area contributed by atoms with E-state index in [1.165, 1.54) is 5.56 Å². The quantitative estimate of drug-likeness (QED) is 0.795. The van der Waals surface area contributed by atoms with E-state index in [9.17, 15) is 14.7 Å². The molecule has 1 saturated heterocycles. The number of rotatable bonds is 7. The molecule has 0 saturated carbocycles. The molecule has 1 fully saturated rings. The zero-order valence-corrected chi connectivity index (χ0v) is 15.4. The van der Waals surface area contributed by atoms with Gasteiger partial charge in [-0.1, -0.05) is 44.2 Å². The number of benzene rings is 1. The van der Waals surface area contributed by atoms with Gasteiger partial charge >= 0.3 is 12.0 Å². The van der Waals surface area contributed by atoms with Gasteiger partial charge in [0, 0.05) is 19.6 Å². The van der Waals surface area contributed by atoms with Gasteiger partial charge in [0.1, 0.15) is 0 Å². The second kappa shape index (κ2) is 8.34. The fourth-order valence-corrected chi connectivity index (χ4v) is 3.40. The third-order valence-electron chi connectivity index (χ3n) is 5.16. The lowest BCUT2D eigenvalue weighted by molar-refractivity contribution is -0.147. The molecule has 1 aromatic carbocycles. The summed E-state index contributed by atoms with van der Waals surface area (Å²) in [6, 6.07) is 10.1. The minimum absolute atomic E-state index is 0.105. The minimum Gasteiger partial charge on any atom is -0.481 e. The van der Waals surface area contributed by atoms with Crippen molar-refractivity contribution in [2.24, 2.45) is 5.41 Å². The van der Waals surface area contributed by atoms with Gasteiger partial charge in [0.15, 0.2) is 0 Å². The van der Waals surface area contributed by atoms with E-state index in [2.05, 4.69) is 36.2 Å². The van der Waals surface area contributed by atoms with Crippen molar-refractivity contribution in [1.29, 1.82) is 0 Å². The first-order chi connectivity index (χ1) is 11.9. The number of carbonyl (C=O) groups excluding carboxylic acids is 1. The van der Waals surface area contributed by atoms with Crippen LogP contribution in [0.25, 0.3) is 0 Å². The Morgan fingerprint density at radius 1 is 1.28 bits per heavy atom. The van der Waals surface area contributed by atoms with E-state index in [-0.39, 0.29) is 18.6 Å². The molecule has 0 aliphatic carbocycles. The van der Waals surface area contributed by atoms with Gasteiger partial charge in [-0.2, -0.15) is 0 Å². The predicted molar refractivity (Wildman–Crippen MR) is 97.4 cm³/mol. The Hall–Kier alpha value is -2.08. The van der Waals surface area contributed by atoms with E-state index in [0.29, 0.717) is 19.5 Å². The molecule has 1 aliphatic heterocycles. The minimum atomic E-state index is -0.840. The van der Waals surface area contributed by atoms with Gasteiger partial charge in [-0.3, -0.25) is 9.69 Å². The molecule has 25 heavy (non-hydrogen) atoms. The van der Waals surface area contributed by atoms with Crippen LogP contribution in [0.2, 0.25) is 0 Å². The number of amides is 2. The second-order valence-corrected chi connectivity index (χ2v) is 6.87. The van der Waals surface area contributed by atoms with E-state index >= 15 is 0 Å². The Morgan fingerprint density at radius 2 is 1.92 bits per heavy atom. The van der Waals surface area contributed by atoms with Crippen LogP contribution in [-0.2, 0) is 4.79 Å². The smallest absolute Gasteiger partial charge is 0.317 e. The van der Waals surface area contributed by atoms with Crippen LogP contribution >= 0.6 is 0 Å². The van der Waals surface area contributed by atoms with Crippen molar-refractivity contribution in [3.8, 4) is 0 Å². The average molecular weight is 347 g/mol. The first kappa shape index (κ1) is 19.2. The Bertz CT molecular complexity index is 589. The van der Waals surface area contributed by atoms with E-state index < -0.39 is 11.4 Å². The highest BCUT2D eigenvalue weighted by Gasteiger charge is 2.42. The van der Waals surface area contributed by atoms with Crippen LogP contribution < -0.4 is 5.32 Å². The number of carboxylic acids is 1. The third-order valence-corrected chi connectivity index (χ3v) is 5.16. The normalized spacial score (nSPS) is 21.4. The molecule has 0 spiro atoms. The molecule has 0 radical (unpaired) electrons. The number of aliphatic carboxylic acids is 1. The number of carbonyl (C=O) groups is 2.